The smallest absolute Gasteiger partial charge is 0.166 e. The summed E-state index contributed by atoms with van der Waals surface area (Å²) in [7, 11) is 0. The molecule has 0 aliphatic heterocycles. The van der Waals surface area contributed by atoms with Crippen molar-refractivity contribution in [2.75, 3.05) is 0 Å². The molecule has 1 aromatic rings. The molecule has 3 rings (SSSR count). The Balaban J connectivity index is 1.41. The summed E-state index contributed by atoms with van der Waals surface area (Å²) in [6.45, 7) is 2.28. The van der Waals surface area contributed by atoms with Gasteiger partial charge in [0, 0.05) is 5.92 Å². The van der Waals surface area contributed by atoms with E-state index in [9.17, 15) is 13.2 Å². The number of benzene rings is 1. The van der Waals surface area contributed by atoms with Crippen LogP contribution in [0.15, 0.2) is 36.4 Å². The van der Waals surface area contributed by atoms with Gasteiger partial charge in [0.25, 0.3) is 0 Å². The Kier molecular flexibility index (Phi) is 7.87. The standard InChI is InChI=1S/C26H33F3/c1-2-5-20-8-10-21(11-9-20)6-3-4-7-22-12-14-23(15-13-22)24-16-18-25(19-17-24)26(27,28)29/h3,6,16-23H,2,5,8-15H2,1H3/b6-3+. The maximum Gasteiger partial charge on any atom is 0.416 e. The molecule has 158 valence electrons. The molecule has 0 atom stereocenters. The molecule has 2 aliphatic carbocycles. The van der Waals surface area contributed by atoms with E-state index in [0.29, 0.717) is 17.8 Å². The largest absolute Gasteiger partial charge is 0.416 e. The van der Waals surface area contributed by atoms with Crippen molar-refractivity contribution in [1.29, 1.82) is 0 Å². The minimum absolute atomic E-state index is 0.365. The van der Waals surface area contributed by atoms with Crippen LogP contribution in [0.4, 0.5) is 13.2 Å². The lowest BCUT2D eigenvalue weighted by Crippen LogP contribution is -2.13. The van der Waals surface area contributed by atoms with E-state index in [0.717, 1.165) is 37.2 Å². The SMILES string of the molecule is CCCC1CCC(/C=C/C#CC2CCC(c3ccc(C(F)(F)F)cc3)CC2)CC1. The molecule has 0 radical (unpaired) electrons. The van der Waals surface area contributed by atoms with E-state index in [1.54, 1.807) is 12.1 Å². The molecule has 0 N–H and O–H groups in total. The lowest BCUT2D eigenvalue weighted by molar-refractivity contribution is -0.137. The van der Waals surface area contributed by atoms with Crippen LogP contribution in [0.5, 0.6) is 0 Å². The fourth-order valence-corrected chi connectivity index (χ4v) is 4.94. The highest BCUT2D eigenvalue weighted by atomic mass is 19.4. The number of hydrogen-bond donors (Lipinski definition) is 0. The molecule has 0 spiro atoms. The molecule has 2 saturated carbocycles. The van der Waals surface area contributed by atoms with Crippen LogP contribution in [0.2, 0.25) is 0 Å². The van der Waals surface area contributed by atoms with Crippen LogP contribution in [0.25, 0.3) is 0 Å². The molecule has 2 fully saturated rings. The fraction of sp³-hybridized carbons (Fsp3) is 0.615. The van der Waals surface area contributed by atoms with Crippen molar-refractivity contribution in [1.82, 2.24) is 0 Å². The van der Waals surface area contributed by atoms with Crippen LogP contribution >= 0.6 is 0 Å². The second-order valence-corrected chi connectivity index (χ2v) is 8.89. The maximum absolute atomic E-state index is 12.7. The Morgan fingerprint density at radius 1 is 0.931 bits per heavy atom. The summed E-state index contributed by atoms with van der Waals surface area (Å²) in [4.78, 5) is 0. The van der Waals surface area contributed by atoms with Crippen molar-refractivity contribution in [3.8, 4) is 11.8 Å². The first-order valence-corrected chi connectivity index (χ1v) is 11.3. The third-order valence-corrected chi connectivity index (χ3v) is 6.76. The minimum Gasteiger partial charge on any atom is -0.166 e. The van der Waals surface area contributed by atoms with Gasteiger partial charge in [-0.15, -0.1) is 0 Å². The molecule has 0 heterocycles. The summed E-state index contributed by atoms with van der Waals surface area (Å²) < 4.78 is 38.1. The summed E-state index contributed by atoms with van der Waals surface area (Å²) in [5.74, 6) is 9.10. The quantitative estimate of drug-likeness (QED) is 0.446. The maximum atomic E-state index is 12.7. The molecule has 0 unspecified atom stereocenters. The van der Waals surface area contributed by atoms with Gasteiger partial charge in [0.2, 0.25) is 0 Å². The highest BCUT2D eigenvalue weighted by Crippen LogP contribution is 2.37. The van der Waals surface area contributed by atoms with Crippen LogP contribution in [-0.2, 0) is 6.18 Å². The fourth-order valence-electron chi connectivity index (χ4n) is 4.94. The molecular formula is C26H33F3. The van der Waals surface area contributed by atoms with Gasteiger partial charge in [-0.05, 0) is 92.9 Å². The molecule has 0 bridgehead atoms. The molecule has 1 aromatic carbocycles. The van der Waals surface area contributed by atoms with Gasteiger partial charge >= 0.3 is 6.18 Å². The Morgan fingerprint density at radius 3 is 2.17 bits per heavy atom. The number of hydrogen-bond acceptors (Lipinski definition) is 0. The molecule has 0 saturated heterocycles. The van der Waals surface area contributed by atoms with Crippen LogP contribution in [-0.4, -0.2) is 0 Å². The van der Waals surface area contributed by atoms with E-state index >= 15 is 0 Å². The van der Waals surface area contributed by atoms with Crippen molar-refractivity contribution >= 4 is 0 Å². The molecule has 2 aliphatic rings. The summed E-state index contributed by atoms with van der Waals surface area (Å²) in [5.41, 5.74) is 0.467. The number of allylic oxidation sites excluding steroid dienone is 2. The molecule has 29 heavy (non-hydrogen) atoms. The molecular weight excluding hydrogens is 369 g/mol. The normalized spacial score (nSPS) is 28.1. The minimum atomic E-state index is -4.26. The van der Waals surface area contributed by atoms with Gasteiger partial charge in [-0.3, -0.25) is 0 Å². The van der Waals surface area contributed by atoms with Gasteiger partial charge in [0.1, 0.15) is 0 Å². The Bertz CT molecular complexity index is 701. The van der Waals surface area contributed by atoms with Gasteiger partial charge in [-0.25, -0.2) is 0 Å². The highest BCUT2D eigenvalue weighted by molar-refractivity contribution is 5.28. The van der Waals surface area contributed by atoms with Crippen LogP contribution < -0.4 is 0 Å². The van der Waals surface area contributed by atoms with Gasteiger partial charge in [-0.2, -0.15) is 13.2 Å². The predicted molar refractivity (Wildman–Crippen MR) is 113 cm³/mol. The third-order valence-electron chi connectivity index (χ3n) is 6.76. The first-order chi connectivity index (χ1) is 14.0. The number of alkyl halides is 3. The third kappa shape index (κ3) is 6.66. The zero-order valence-corrected chi connectivity index (χ0v) is 17.5. The van der Waals surface area contributed by atoms with Gasteiger partial charge in [0.15, 0.2) is 0 Å². The molecule has 0 amide bonds. The molecule has 0 aromatic heterocycles. The van der Waals surface area contributed by atoms with Gasteiger partial charge < -0.3 is 0 Å². The zero-order chi connectivity index (χ0) is 20.7. The number of rotatable bonds is 4. The van der Waals surface area contributed by atoms with Crippen molar-refractivity contribution in [2.45, 2.75) is 83.2 Å². The average molecular weight is 403 g/mol. The van der Waals surface area contributed by atoms with Crippen molar-refractivity contribution in [3.63, 3.8) is 0 Å². The van der Waals surface area contributed by atoms with Crippen molar-refractivity contribution in [2.24, 2.45) is 17.8 Å². The van der Waals surface area contributed by atoms with E-state index in [4.69, 9.17) is 0 Å². The van der Waals surface area contributed by atoms with E-state index in [1.165, 1.54) is 50.7 Å². The highest BCUT2D eigenvalue weighted by Gasteiger charge is 2.30. The lowest BCUT2D eigenvalue weighted by atomic mass is 9.79. The zero-order valence-electron chi connectivity index (χ0n) is 17.5. The first kappa shape index (κ1) is 22.0. The van der Waals surface area contributed by atoms with Gasteiger partial charge in [0.05, 0.1) is 5.56 Å². The topological polar surface area (TPSA) is 0 Å². The predicted octanol–water partition coefficient (Wildman–Crippen LogP) is 8.15. The van der Waals surface area contributed by atoms with Crippen LogP contribution in [0.3, 0.4) is 0 Å². The average Bonchev–Trinajstić information content (AvgIpc) is 2.72. The summed E-state index contributed by atoms with van der Waals surface area (Å²) in [5, 5.41) is 0. The van der Waals surface area contributed by atoms with Crippen molar-refractivity contribution < 1.29 is 13.2 Å². The van der Waals surface area contributed by atoms with Crippen LogP contribution in [0.1, 0.15) is 88.2 Å². The second kappa shape index (κ2) is 10.4. The Hall–Kier alpha value is -1.69. The van der Waals surface area contributed by atoms with E-state index in [-0.39, 0.29) is 0 Å². The summed E-state index contributed by atoms with van der Waals surface area (Å²) >= 11 is 0. The van der Waals surface area contributed by atoms with Crippen LogP contribution in [0, 0.1) is 29.6 Å². The lowest BCUT2D eigenvalue weighted by Gasteiger charge is -2.26. The number of halogens is 3. The summed E-state index contributed by atoms with van der Waals surface area (Å²) in [6.07, 6.45) is 12.2. The first-order valence-electron chi connectivity index (χ1n) is 11.3. The second-order valence-electron chi connectivity index (χ2n) is 8.89. The van der Waals surface area contributed by atoms with Gasteiger partial charge in [-0.1, -0.05) is 49.8 Å². The van der Waals surface area contributed by atoms with E-state index in [1.807, 2.05) is 0 Å². The Labute approximate surface area is 174 Å². The Morgan fingerprint density at radius 2 is 1.59 bits per heavy atom. The molecule has 3 heteroatoms. The monoisotopic (exact) mass is 402 g/mol. The molecule has 0 nitrogen and oxygen atoms in total. The van der Waals surface area contributed by atoms with E-state index in [2.05, 4.69) is 30.9 Å². The van der Waals surface area contributed by atoms with Crippen molar-refractivity contribution in [3.05, 3.63) is 47.5 Å². The van der Waals surface area contributed by atoms with E-state index < -0.39 is 11.7 Å². The summed E-state index contributed by atoms with van der Waals surface area (Å²) in [6, 6.07) is 5.72.